The number of amides is 2. The molecule has 10 heteroatoms. The first-order valence-corrected chi connectivity index (χ1v) is 12.4. The zero-order valence-corrected chi connectivity index (χ0v) is 19.4. The number of thiol groups is 1. The fourth-order valence-corrected chi connectivity index (χ4v) is 3.07. The van der Waals surface area contributed by atoms with Gasteiger partial charge in [-0.1, -0.05) is 13.8 Å². The van der Waals surface area contributed by atoms with Crippen LogP contribution in [0.3, 0.4) is 0 Å². The summed E-state index contributed by atoms with van der Waals surface area (Å²) in [5.41, 5.74) is 0. The average Bonchev–Trinajstić information content (AvgIpc) is 2.99. The molecule has 0 bridgehead atoms. The van der Waals surface area contributed by atoms with E-state index in [-0.39, 0.29) is 19.3 Å². The summed E-state index contributed by atoms with van der Waals surface area (Å²) < 4.78 is 5.03. The molecule has 166 valence electrons. The van der Waals surface area contributed by atoms with E-state index in [1.807, 2.05) is 20.9 Å². The van der Waals surface area contributed by atoms with E-state index in [1.165, 1.54) is 6.42 Å². The Bertz CT molecular complexity index is 459. The molecule has 0 saturated carbocycles. The number of imide groups is 1. The maximum atomic E-state index is 11.2. The Morgan fingerprint density at radius 3 is 2.21 bits per heavy atom. The van der Waals surface area contributed by atoms with Crippen molar-refractivity contribution in [3.63, 3.8) is 0 Å². The Labute approximate surface area is 176 Å². The fraction of sp³-hybridized carbons (Fsp3) is 0.778. The highest BCUT2D eigenvalue weighted by Gasteiger charge is 2.32. The van der Waals surface area contributed by atoms with Gasteiger partial charge < -0.3 is 14.9 Å². The van der Waals surface area contributed by atoms with Crippen LogP contribution in [0.15, 0.2) is 0 Å². The molecule has 0 aromatic heterocycles. The first-order chi connectivity index (χ1) is 13.3. The molecule has 1 rings (SSSR count). The third kappa shape index (κ3) is 14.9. The molecular weight excluding hydrogens is 404 g/mol. The Kier molecular flexibility index (Phi) is 18.7. The van der Waals surface area contributed by atoms with Crippen LogP contribution in [-0.4, -0.2) is 61.0 Å². The summed E-state index contributed by atoms with van der Waals surface area (Å²) >= 11 is 3.82. The van der Waals surface area contributed by atoms with Gasteiger partial charge in [-0.2, -0.15) is 0 Å². The van der Waals surface area contributed by atoms with Crippen molar-refractivity contribution in [2.45, 2.75) is 58.8 Å². The van der Waals surface area contributed by atoms with Gasteiger partial charge in [0.15, 0.2) is 0 Å². The SMILES string of the molecule is CC.CNCCCS(C)(C)OS.O=CCCCCC(=O)ON1C(=O)CCC1=O. The number of aldehydes is 1. The normalized spacial score (nSPS) is 13.9. The highest BCUT2D eigenvalue weighted by molar-refractivity contribution is 8.31. The van der Waals surface area contributed by atoms with Crippen molar-refractivity contribution in [1.82, 2.24) is 10.4 Å². The van der Waals surface area contributed by atoms with E-state index in [4.69, 9.17) is 3.63 Å². The number of hydrogen-bond acceptors (Lipinski definition) is 8. The van der Waals surface area contributed by atoms with Crippen molar-refractivity contribution in [3.05, 3.63) is 0 Å². The minimum atomic E-state index is -0.868. The van der Waals surface area contributed by atoms with Gasteiger partial charge in [-0.25, -0.2) is 4.79 Å². The Hall–Kier alpha value is -1.10. The van der Waals surface area contributed by atoms with Crippen LogP contribution in [-0.2, 0) is 27.6 Å². The van der Waals surface area contributed by atoms with Crippen LogP contribution in [0.25, 0.3) is 0 Å². The summed E-state index contributed by atoms with van der Waals surface area (Å²) in [4.78, 5) is 48.0. The summed E-state index contributed by atoms with van der Waals surface area (Å²) in [6.45, 7) is 5.06. The molecule has 0 aromatic rings. The maximum Gasteiger partial charge on any atom is 0.333 e. The topological polar surface area (TPSA) is 102 Å². The lowest BCUT2D eigenvalue weighted by atomic mass is 10.2. The zero-order chi connectivity index (χ0) is 22.0. The van der Waals surface area contributed by atoms with E-state index in [0.717, 1.165) is 18.6 Å². The number of nitrogens with zero attached hydrogens (tertiary/aromatic N) is 1. The number of carbonyl (C=O) groups excluding carboxylic acids is 4. The molecular formula is C18H36N2O6S2. The summed E-state index contributed by atoms with van der Waals surface area (Å²) in [5, 5.41) is 3.63. The lowest BCUT2D eigenvalue weighted by molar-refractivity contribution is -0.197. The van der Waals surface area contributed by atoms with Crippen LogP contribution in [0.5, 0.6) is 0 Å². The first-order valence-electron chi connectivity index (χ1n) is 9.46. The Morgan fingerprint density at radius 2 is 1.75 bits per heavy atom. The van der Waals surface area contributed by atoms with E-state index in [1.54, 1.807) is 0 Å². The molecule has 1 aliphatic heterocycles. The van der Waals surface area contributed by atoms with Gasteiger partial charge in [0, 0.05) is 31.4 Å². The second-order valence-electron chi connectivity index (χ2n) is 6.13. The van der Waals surface area contributed by atoms with Crippen LogP contribution in [0.1, 0.15) is 58.8 Å². The molecule has 8 nitrogen and oxygen atoms in total. The molecule has 0 aromatic carbocycles. The third-order valence-electron chi connectivity index (χ3n) is 3.42. The molecule has 1 heterocycles. The van der Waals surface area contributed by atoms with Crippen molar-refractivity contribution in [1.29, 1.82) is 0 Å². The molecule has 1 saturated heterocycles. The van der Waals surface area contributed by atoms with E-state index in [0.29, 0.717) is 24.3 Å². The van der Waals surface area contributed by atoms with E-state index >= 15 is 0 Å². The standard InChI is InChI=1S/C10H13NO5.C6H17NOS2.C2H6/c12-7-3-1-2-4-10(15)16-11-8(13)5-6-9(11)14;1-7-5-4-6-10(2,3)8-9;1-2/h7H,1-6H2;7,9H,4-6H2,1-3H3;1-2H3. The predicted molar refractivity (Wildman–Crippen MR) is 116 cm³/mol. The van der Waals surface area contributed by atoms with E-state index in [9.17, 15) is 19.2 Å². The van der Waals surface area contributed by atoms with Gasteiger partial charge in [0.05, 0.1) is 0 Å². The van der Waals surface area contributed by atoms with Crippen molar-refractivity contribution < 1.29 is 27.6 Å². The predicted octanol–water partition coefficient (Wildman–Crippen LogP) is 2.82. The molecule has 1 fully saturated rings. The first kappa shape index (κ1) is 29.1. The molecule has 2 amide bonds. The second-order valence-corrected chi connectivity index (χ2v) is 10.0. The van der Waals surface area contributed by atoms with E-state index in [2.05, 4.69) is 35.6 Å². The molecule has 28 heavy (non-hydrogen) atoms. The van der Waals surface area contributed by atoms with Gasteiger partial charge in [0.25, 0.3) is 11.8 Å². The fourth-order valence-electron chi connectivity index (χ4n) is 1.94. The number of hydrogen-bond donors (Lipinski definition) is 2. The number of rotatable bonds is 11. The average molecular weight is 441 g/mol. The molecule has 0 atom stereocenters. The number of nitrogens with one attached hydrogen (secondary N) is 1. The van der Waals surface area contributed by atoms with E-state index < -0.39 is 28.1 Å². The lowest BCUT2D eigenvalue weighted by Gasteiger charge is -2.27. The van der Waals surface area contributed by atoms with Crippen molar-refractivity contribution in [3.8, 4) is 0 Å². The summed E-state index contributed by atoms with van der Waals surface area (Å²) in [6, 6.07) is 0. The summed E-state index contributed by atoms with van der Waals surface area (Å²) in [7, 11) is 1.09. The summed E-state index contributed by atoms with van der Waals surface area (Å²) in [5.74, 6) is -0.455. The van der Waals surface area contributed by atoms with Crippen LogP contribution in [0.4, 0.5) is 0 Å². The van der Waals surface area contributed by atoms with Crippen molar-refractivity contribution in [2.75, 3.05) is 31.9 Å². The molecule has 0 unspecified atom stereocenters. The minimum Gasteiger partial charge on any atom is -0.330 e. The van der Waals surface area contributed by atoms with Crippen LogP contribution >= 0.6 is 23.2 Å². The number of hydroxylamine groups is 2. The monoisotopic (exact) mass is 440 g/mol. The molecule has 1 aliphatic rings. The maximum absolute atomic E-state index is 11.2. The Balaban J connectivity index is 0. The zero-order valence-electron chi connectivity index (χ0n) is 17.7. The lowest BCUT2D eigenvalue weighted by Crippen LogP contribution is -2.31. The van der Waals surface area contributed by atoms with Gasteiger partial charge >= 0.3 is 5.97 Å². The smallest absolute Gasteiger partial charge is 0.330 e. The molecule has 0 radical (unpaired) electrons. The molecule has 1 N–H and O–H groups in total. The summed E-state index contributed by atoms with van der Waals surface area (Å²) in [6.07, 6.45) is 7.98. The number of carbonyl (C=O) groups is 4. The van der Waals surface area contributed by atoms with Crippen LogP contribution < -0.4 is 5.32 Å². The van der Waals surface area contributed by atoms with Crippen molar-refractivity contribution in [2.24, 2.45) is 0 Å². The third-order valence-corrected chi connectivity index (χ3v) is 6.30. The Morgan fingerprint density at radius 1 is 1.18 bits per heavy atom. The van der Waals surface area contributed by atoms with Gasteiger partial charge in [0.1, 0.15) is 6.29 Å². The van der Waals surface area contributed by atoms with Gasteiger partial charge in [0.2, 0.25) is 0 Å². The van der Waals surface area contributed by atoms with Gasteiger partial charge in [-0.3, -0.25) is 13.2 Å². The van der Waals surface area contributed by atoms with Gasteiger partial charge in [-0.05, 0) is 58.3 Å². The van der Waals surface area contributed by atoms with Crippen molar-refractivity contribution >= 4 is 47.3 Å². The van der Waals surface area contributed by atoms with Gasteiger partial charge in [-0.15, -0.1) is 15.4 Å². The largest absolute Gasteiger partial charge is 0.333 e. The quantitative estimate of drug-likeness (QED) is 0.167. The van der Waals surface area contributed by atoms with Crippen LogP contribution in [0.2, 0.25) is 0 Å². The minimum absolute atomic E-state index is 0.0945. The van der Waals surface area contributed by atoms with Crippen LogP contribution in [0, 0.1) is 0 Å². The molecule has 0 aliphatic carbocycles. The molecule has 0 spiro atoms. The highest BCUT2D eigenvalue weighted by atomic mass is 32.3. The highest BCUT2D eigenvalue weighted by Crippen LogP contribution is 2.42. The number of unbranched alkanes of at least 4 members (excludes halogenated alkanes) is 2. The second kappa shape index (κ2) is 18.0.